The largest absolute Gasteiger partial charge is 0.486 e. The molecule has 0 aliphatic heterocycles. The lowest BCUT2D eigenvalue weighted by atomic mass is 10.3. The topological polar surface area (TPSA) is 52.1 Å². The predicted octanol–water partition coefficient (Wildman–Crippen LogP) is 2.90. The second-order valence-corrected chi connectivity index (χ2v) is 5.29. The van der Waals surface area contributed by atoms with Crippen molar-refractivity contribution in [2.75, 3.05) is 0 Å². The first-order valence-corrected chi connectivity index (χ1v) is 6.52. The third kappa shape index (κ3) is 3.78. The molecule has 0 fully saturated rings. The van der Waals surface area contributed by atoms with Crippen molar-refractivity contribution in [3.05, 3.63) is 39.3 Å². The lowest BCUT2D eigenvalue weighted by Gasteiger charge is -2.02. The number of carbonyl (C=O) groups is 1. The molecule has 0 saturated heterocycles. The molecule has 0 spiro atoms. The normalized spacial score (nSPS) is 10.3. The summed E-state index contributed by atoms with van der Waals surface area (Å²) in [6.07, 6.45) is 0.332. The van der Waals surface area contributed by atoms with E-state index in [-0.39, 0.29) is 5.78 Å². The first-order valence-electron chi connectivity index (χ1n) is 5.32. The lowest BCUT2D eigenvalue weighted by molar-refractivity contribution is -0.116. The summed E-state index contributed by atoms with van der Waals surface area (Å²) in [5.41, 5.74) is 0. The van der Waals surface area contributed by atoms with Crippen LogP contribution in [0.2, 0.25) is 5.02 Å². The van der Waals surface area contributed by atoms with Gasteiger partial charge in [0.2, 0.25) is 0 Å². The van der Waals surface area contributed by atoms with Crippen LogP contribution in [0, 0.1) is 0 Å². The summed E-state index contributed by atoms with van der Waals surface area (Å²) in [5, 5.41) is 10.0. The Bertz CT molecular complexity index is 539. The van der Waals surface area contributed by atoms with Gasteiger partial charge in [-0.25, -0.2) is 0 Å². The number of nitrogens with zero attached hydrogens (tertiary/aromatic N) is 2. The van der Waals surface area contributed by atoms with E-state index in [0.717, 1.165) is 15.8 Å². The van der Waals surface area contributed by atoms with E-state index < -0.39 is 0 Å². The van der Waals surface area contributed by atoms with E-state index in [2.05, 4.69) is 10.2 Å². The number of aromatic nitrogens is 2. The SMILES string of the molecule is CC(=O)Cc1nnc(COc2ccc(Cl)cc2)s1. The molecular formula is C12H11ClN2O2S. The number of Topliss-reactive ketones (excluding diaryl/α,β-unsaturated/α-hetero) is 1. The summed E-state index contributed by atoms with van der Waals surface area (Å²) in [4.78, 5) is 10.9. The Morgan fingerprint density at radius 1 is 1.28 bits per heavy atom. The molecule has 18 heavy (non-hydrogen) atoms. The van der Waals surface area contributed by atoms with Crippen molar-refractivity contribution in [1.82, 2.24) is 10.2 Å². The van der Waals surface area contributed by atoms with Gasteiger partial charge in [-0.2, -0.15) is 0 Å². The standard InChI is InChI=1S/C12H11ClN2O2S/c1-8(16)6-11-14-15-12(18-11)7-17-10-4-2-9(13)3-5-10/h2-5H,6-7H2,1H3. The monoisotopic (exact) mass is 282 g/mol. The van der Waals surface area contributed by atoms with E-state index in [4.69, 9.17) is 16.3 Å². The smallest absolute Gasteiger partial charge is 0.155 e. The fraction of sp³-hybridized carbons (Fsp3) is 0.250. The zero-order valence-electron chi connectivity index (χ0n) is 9.72. The summed E-state index contributed by atoms with van der Waals surface area (Å²) >= 11 is 7.16. The second-order valence-electron chi connectivity index (χ2n) is 3.71. The van der Waals surface area contributed by atoms with Crippen molar-refractivity contribution < 1.29 is 9.53 Å². The van der Waals surface area contributed by atoms with Gasteiger partial charge in [-0.05, 0) is 31.2 Å². The van der Waals surface area contributed by atoms with E-state index in [1.165, 1.54) is 18.3 Å². The number of carbonyl (C=O) groups excluding carboxylic acids is 1. The first kappa shape index (κ1) is 13.0. The quantitative estimate of drug-likeness (QED) is 0.846. The van der Waals surface area contributed by atoms with Crippen molar-refractivity contribution >= 4 is 28.7 Å². The van der Waals surface area contributed by atoms with Crippen LogP contribution in [-0.4, -0.2) is 16.0 Å². The maximum Gasteiger partial charge on any atom is 0.155 e. The summed E-state index contributed by atoms with van der Waals surface area (Å²) < 4.78 is 5.53. The fourth-order valence-corrected chi connectivity index (χ4v) is 2.26. The molecule has 0 bridgehead atoms. The number of hydrogen-bond acceptors (Lipinski definition) is 5. The Morgan fingerprint density at radius 2 is 1.94 bits per heavy atom. The molecule has 0 atom stereocenters. The third-order valence-corrected chi connectivity index (χ3v) is 3.23. The molecule has 0 aliphatic rings. The van der Waals surface area contributed by atoms with E-state index in [0.29, 0.717) is 18.1 Å². The van der Waals surface area contributed by atoms with E-state index in [1.807, 2.05) is 0 Å². The molecule has 0 amide bonds. The van der Waals surface area contributed by atoms with Crippen LogP contribution in [0.4, 0.5) is 0 Å². The van der Waals surface area contributed by atoms with Gasteiger partial charge >= 0.3 is 0 Å². The molecule has 0 N–H and O–H groups in total. The zero-order chi connectivity index (χ0) is 13.0. The van der Waals surface area contributed by atoms with Gasteiger partial charge < -0.3 is 4.74 Å². The van der Waals surface area contributed by atoms with E-state index in [9.17, 15) is 4.79 Å². The maximum atomic E-state index is 10.9. The lowest BCUT2D eigenvalue weighted by Crippen LogP contribution is -1.94. The molecule has 2 rings (SSSR count). The summed E-state index contributed by atoms with van der Waals surface area (Å²) in [7, 11) is 0. The molecular weight excluding hydrogens is 272 g/mol. The number of rotatable bonds is 5. The van der Waals surface area contributed by atoms with Crippen LogP contribution in [0.5, 0.6) is 5.75 Å². The number of halogens is 1. The van der Waals surface area contributed by atoms with E-state index >= 15 is 0 Å². The van der Waals surface area contributed by atoms with Crippen LogP contribution in [0.25, 0.3) is 0 Å². The van der Waals surface area contributed by atoms with Gasteiger partial charge in [-0.1, -0.05) is 22.9 Å². The highest BCUT2D eigenvalue weighted by Gasteiger charge is 2.07. The van der Waals surface area contributed by atoms with Gasteiger partial charge in [0.05, 0.1) is 6.42 Å². The molecule has 1 aromatic heterocycles. The number of ether oxygens (including phenoxy) is 1. The average Bonchev–Trinajstić information content (AvgIpc) is 2.75. The van der Waals surface area contributed by atoms with Crippen LogP contribution >= 0.6 is 22.9 Å². The molecule has 0 unspecified atom stereocenters. The molecule has 0 radical (unpaired) electrons. The highest BCUT2D eigenvalue weighted by atomic mass is 35.5. The molecule has 0 aliphatic carbocycles. The van der Waals surface area contributed by atoms with Gasteiger partial charge in [0.25, 0.3) is 0 Å². The van der Waals surface area contributed by atoms with Crippen molar-refractivity contribution in [3.8, 4) is 5.75 Å². The minimum atomic E-state index is 0.0799. The number of hydrogen-bond donors (Lipinski definition) is 0. The van der Waals surface area contributed by atoms with Gasteiger partial charge in [0.15, 0.2) is 5.01 Å². The van der Waals surface area contributed by atoms with Crippen molar-refractivity contribution in [2.45, 2.75) is 20.0 Å². The minimum absolute atomic E-state index is 0.0799. The van der Waals surface area contributed by atoms with Gasteiger partial charge in [0, 0.05) is 5.02 Å². The Morgan fingerprint density at radius 3 is 2.61 bits per heavy atom. The Kier molecular flexibility index (Phi) is 4.28. The van der Waals surface area contributed by atoms with Crippen LogP contribution in [0.3, 0.4) is 0 Å². The molecule has 0 saturated carbocycles. The molecule has 2 aromatic rings. The summed E-state index contributed by atoms with van der Waals surface area (Å²) in [6.45, 7) is 1.88. The van der Waals surface area contributed by atoms with Gasteiger partial charge in [-0.15, -0.1) is 10.2 Å². The third-order valence-electron chi connectivity index (χ3n) is 2.08. The average molecular weight is 283 g/mol. The van der Waals surface area contributed by atoms with Crippen molar-refractivity contribution in [2.24, 2.45) is 0 Å². The van der Waals surface area contributed by atoms with Crippen molar-refractivity contribution in [1.29, 1.82) is 0 Å². The molecule has 1 heterocycles. The number of benzene rings is 1. The fourth-order valence-electron chi connectivity index (χ4n) is 1.31. The van der Waals surface area contributed by atoms with E-state index in [1.54, 1.807) is 24.3 Å². The molecule has 94 valence electrons. The second kappa shape index (κ2) is 5.93. The highest BCUT2D eigenvalue weighted by Crippen LogP contribution is 2.18. The van der Waals surface area contributed by atoms with Crippen molar-refractivity contribution in [3.63, 3.8) is 0 Å². The predicted molar refractivity (Wildman–Crippen MR) is 70.1 cm³/mol. The minimum Gasteiger partial charge on any atom is -0.486 e. The molecule has 4 nitrogen and oxygen atoms in total. The van der Waals surface area contributed by atoms with Crippen LogP contribution < -0.4 is 4.74 Å². The Labute approximate surface area is 114 Å². The van der Waals surface area contributed by atoms with Crippen LogP contribution in [0.1, 0.15) is 16.9 Å². The summed E-state index contributed by atoms with van der Waals surface area (Å²) in [6, 6.07) is 7.11. The Balaban J connectivity index is 1.92. The molecule has 1 aromatic carbocycles. The van der Waals surface area contributed by atoms with Crippen LogP contribution in [-0.2, 0) is 17.8 Å². The highest BCUT2D eigenvalue weighted by molar-refractivity contribution is 7.11. The zero-order valence-corrected chi connectivity index (χ0v) is 11.3. The van der Waals surface area contributed by atoms with Gasteiger partial charge in [-0.3, -0.25) is 4.79 Å². The summed E-state index contributed by atoms with van der Waals surface area (Å²) in [5.74, 6) is 0.805. The molecule has 6 heteroatoms. The maximum absolute atomic E-state index is 10.9. The van der Waals surface area contributed by atoms with Gasteiger partial charge in [0.1, 0.15) is 23.1 Å². The van der Waals surface area contributed by atoms with Crippen LogP contribution in [0.15, 0.2) is 24.3 Å². The first-order chi connectivity index (χ1) is 8.63. The number of ketones is 1. The Hall–Kier alpha value is -1.46.